The van der Waals surface area contributed by atoms with Gasteiger partial charge >= 0.3 is 5.97 Å². The number of rotatable bonds is 19. The Bertz CT molecular complexity index is 852. The Morgan fingerprint density at radius 2 is 1.38 bits per heavy atom. The number of hydrogen-bond acceptors (Lipinski definition) is 9. The summed E-state index contributed by atoms with van der Waals surface area (Å²) in [5.41, 5.74) is 26.6. The summed E-state index contributed by atoms with van der Waals surface area (Å²) in [5.74, 6) is -5.19. The van der Waals surface area contributed by atoms with Crippen molar-refractivity contribution in [3.8, 4) is 0 Å². The molecule has 0 saturated heterocycles. The number of thioether (sulfide) groups is 1. The van der Waals surface area contributed by atoms with Crippen LogP contribution in [0.5, 0.6) is 0 Å². The lowest BCUT2D eigenvalue weighted by molar-refractivity contribution is -0.142. The molecule has 0 aliphatic heterocycles. The van der Waals surface area contributed by atoms with Crippen LogP contribution in [0.4, 0.5) is 0 Å². The van der Waals surface area contributed by atoms with Crippen LogP contribution >= 0.6 is 11.8 Å². The normalized spacial score (nSPS) is 13.8. The molecule has 0 bridgehead atoms. The zero-order valence-electron chi connectivity index (χ0n) is 20.6. The average molecular weight is 548 g/mol. The topological polar surface area (TPSA) is 301 Å². The first-order valence-electron chi connectivity index (χ1n) is 11.3. The first-order chi connectivity index (χ1) is 17.3. The Balaban J connectivity index is 5.64. The maximum atomic E-state index is 12.9. The van der Waals surface area contributed by atoms with Gasteiger partial charge in [0.2, 0.25) is 29.5 Å². The molecule has 0 saturated carbocycles. The van der Waals surface area contributed by atoms with Gasteiger partial charge in [0, 0.05) is 13.0 Å². The third kappa shape index (κ3) is 15.2. The summed E-state index contributed by atoms with van der Waals surface area (Å²) in [6.07, 6.45) is 1.14. The number of carboxylic acid groups (broad SMARTS) is 1. The van der Waals surface area contributed by atoms with E-state index in [-0.39, 0.29) is 38.2 Å². The van der Waals surface area contributed by atoms with Crippen molar-refractivity contribution in [2.45, 2.75) is 62.7 Å². The molecule has 210 valence electrons. The predicted octanol–water partition coefficient (Wildman–Crippen LogP) is -4.20. The third-order valence-corrected chi connectivity index (χ3v) is 5.52. The van der Waals surface area contributed by atoms with E-state index in [1.54, 1.807) is 0 Å². The minimum atomic E-state index is -1.47. The van der Waals surface area contributed by atoms with E-state index in [1.807, 2.05) is 6.26 Å². The van der Waals surface area contributed by atoms with Gasteiger partial charge in [-0.05, 0) is 37.7 Å². The summed E-state index contributed by atoms with van der Waals surface area (Å²) in [4.78, 5) is 76.0. The molecule has 0 aromatic carbocycles. The van der Waals surface area contributed by atoms with Gasteiger partial charge in [-0.2, -0.15) is 11.8 Å². The van der Waals surface area contributed by atoms with Gasteiger partial charge in [0.25, 0.3) is 0 Å². The molecule has 17 heteroatoms. The van der Waals surface area contributed by atoms with Crippen molar-refractivity contribution in [1.82, 2.24) is 16.0 Å². The lowest BCUT2D eigenvalue weighted by Gasteiger charge is -2.24. The summed E-state index contributed by atoms with van der Waals surface area (Å²) >= 11 is 1.47. The molecule has 0 aliphatic carbocycles. The summed E-state index contributed by atoms with van der Waals surface area (Å²) < 4.78 is 0. The van der Waals surface area contributed by atoms with Gasteiger partial charge in [0.15, 0.2) is 5.96 Å². The summed E-state index contributed by atoms with van der Waals surface area (Å²) in [7, 11) is 0. The average Bonchev–Trinajstić information content (AvgIpc) is 2.80. The number of nitrogens with two attached hydrogens (primary N) is 5. The van der Waals surface area contributed by atoms with E-state index in [4.69, 9.17) is 28.7 Å². The van der Waals surface area contributed by atoms with Gasteiger partial charge in [0.05, 0.1) is 12.5 Å². The molecule has 0 aromatic heterocycles. The van der Waals surface area contributed by atoms with Crippen molar-refractivity contribution in [2.24, 2.45) is 33.7 Å². The highest BCUT2D eigenvalue weighted by atomic mass is 32.2. The zero-order valence-corrected chi connectivity index (χ0v) is 21.4. The van der Waals surface area contributed by atoms with Crippen LogP contribution in [0, 0.1) is 0 Å². The molecular weight excluding hydrogens is 510 g/mol. The van der Waals surface area contributed by atoms with Gasteiger partial charge < -0.3 is 49.7 Å². The van der Waals surface area contributed by atoms with Gasteiger partial charge in [0.1, 0.15) is 18.1 Å². The number of carbonyl (C=O) groups excluding carboxylic acids is 5. The molecule has 4 unspecified atom stereocenters. The molecule has 5 amide bonds. The predicted molar refractivity (Wildman–Crippen MR) is 137 cm³/mol. The van der Waals surface area contributed by atoms with Crippen molar-refractivity contribution < 1.29 is 33.9 Å². The van der Waals surface area contributed by atoms with Gasteiger partial charge in [-0.25, -0.2) is 4.79 Å². The van der Waals surface area contributed by atoms with Crippen LogP contribution in [0.15, 0.2) is 4.99 Å². The number of carbonyl (C=O) groups is 6. The van der Waals surface area contributed by atoms with E-state index in [9.17, 15) is 33.9 Å². The second-order valence-corrected chi connectivity index (χ2v) is 9.02. The molecule has 0 fully saturated rings. The largest absolute Gasteiger partial charge is 0.480 e. The number of hydrogen-bond donors (Lipinski definition) is 9. The maximum absolute atomic E-state index is 12.9. The molecule has 16 nitrogen and oxygen atoms in total. The van der Waals surface area contributed by atoms with E-state index in [1.165, 1.54) is 11.8 Å². The Hall–Kier alpha value is -3.60. The van der Waals surface area contributed by atoms with E-state index in [2.05, 4.69) is 20.9 Å². The van der Waals surface area contributed by atoms with Crippen LogP contribution < -0.4 is 44.6 Å². The molecule has 37 heavy (non-hydrogen) atoms. The highest BCUT2D eigenvalue weighted by Crippen LogP contribution is 2.05. The lowest BCUT2D eigenvalue weighted by Crippen LogP contribution is -2.57. The fourth-order valence-electron chi connectivity index (χ4n) is 2.93. The Labute approximate surface area is 218 Å². The fraction of sp³-hybridized carbons (Fsp3) is 0.650. The Kier molecular flexibility index (Phi) is 16.0. The first kappa shape index (κ1) is 33.4. The molecule has 0 rings (SSSR count). The van der Waals surface area contributed by atoms with Crippen molar-refractivity contribution in [3.63, 3.8) is 0 Å². The standard InChI is InChI=1S/C20H37N9O7S/c1-37-8-6-10(21)16(32)29-13(9-15(23)31)18(34)27-11(3-2-7-26-20(24)25)17(33)28-12(19(35)36)4-5-14(22)30/h10-13H,2-9,21H2,1H3,(H2,22,30)(H2,23,31)(H,27,34)(H,28,33)(H,29,32)(H,35,36)(H4,24,25,26). The third-order valence-electron chi connectivity index (χ3n) is 4.88. The maximum Gasteiger partial charge on any atom is 0.326 e. The summed E-state index contributed by atoms with van der Waals surface area (Å²) in [6.45, 7) is 0.0950. The number of aliphatic imine (C=N–C) groups is 1. The number of primary amides is 2. The SMILES string of the molecule is CSCCC(N)C(=O)NC(CC(N)=O)C(=O)NC(CCCN=C(N)N)C(=O)NC(CCC(N)=O)C(=O)O. The molecule has 0 heterocycles. The minimum Gasteiger partial charge on any atom is -0.480 e. The zero-order chi connectivity index (χ0) is 28.5. The monoisotopic (exact) mass is 547 g/mol. The van der Waals surface area contributed by atoms with E-state index in [0.29, 0.717) is 12.2 Å². The number of amides is 5. The second-order valence-electron chi connectivity index (χ2n) is 8.03. The van der Waals surface area contributed by atoms with Crippen LogP contribution in [-0.4, -0.2) is 89.3 Å². The quantitative estimate of drug-likeness (QED) is 0.0424. The molecule has 0 aromatic rings. The molecule has 0 aliphatic rings. The van der Waals surface area contributed by atoms with Gasteiger partial charge in [-0.1, -0.05) is 0 Å². The highest BCUT2D eigenvalue weighted by Gasteiger charge is 2.31. The van der Waals surface area contributed by atoms with Gasteiger partial charge in [-0.3, -0.25) is 29.0 Å². The number of carboxylic acids is 1. The van der Waals surface area contributed by atoms with Crippen LogP contribution in [0.2, 0.25) is 0 Å². The lowest BCUT2D eigenvalue weighted by atomic mass is 10.1. The number of nitrogens with zero attached hydrogens (tertiary/aromatic N) is 1. The van der Waals surface area contributed by atoms with Crippen molar-refractivity contribution >= 4 is 53.2 Å². The molecular formula is C20H37N9O7S. The molecule has 0 radical (unpaired) electrons. The Morgan fingerprint density at radius 1 is 0.811 bits per heavy atom. The van der Waals surface area contributed by atoms with Crippen LogP contribution in [0.25, 0.3) is 0 Å². The molecule has 4 atom stereocenters. The van der Waals surface area contributed by atoms with E-state index >= 15 is 0 Å². The molecule has 14 N–H and O–H groups in total. The molecule has 0 spiro atoms. The van der Waals surface area contributed by atoms with Crippen LogP contribution in [-0.2, 0) is 28.8 Å². The highest BCUT2D eigenvalue weighted by molar-refractivity contribution is 7.98. The van der Waals surface area contributed by atoms with Crippen molar-refractivity contribution in [2.75, 3.05) is 18.6 Å². The summed E-state index contributed by atoms with van der Waals surface area (Å²) in [6, 6.07) is -5.17. The van der Waals surface area contributed by atoms with E-state index < -0.39 is 66.1 Å². The Morgan fingerprint density at radius 3 is 1.89 bits per heavy atom. The van der Waals surface area contributed by atoms with Crippen molar-refractivity contribution in [3.05, 3.63) is 0 Å². The van der Waals surface area contributed by atoms with E-state index in [0.717, 1.165) is 0 Å². The van der Waals surface area contributed by atoms with Crippen molar-refractivity contribution in [1.29, 1.82) is 0 Å². The second kappa shape index (κ2) is 17.8. The number of nitrogens with one attached hydrogen (secondary N) is 3. The smallest absolute Gasteiger partial charge is 0.326 e. The van der Waals surface area contributed by atoms with Gasteiger partial charge in [-0.15, -0.1) is 0 Å². The number of guanidine groups is 1. The number of aliphatic carboxylic acids is 1. The first-order valence-corrected chi connectivity index (χ1v) is 12.7. The summed E-state index contributed by atoms with van der Waals surface area (Å²) in [5, 5.41) is 16.4. The minimum absolute atomic E-state index is 0.0407. The fourth-order valence-corrected chi connectivity index (χ4v) is 3.42. The van der Waals surface area contributed by atoms with Crippen LogP contribution in [0.1, 0.15) is 38.5 Å². The van der Waals surface area contributed by atoms with Crippen LogP contribution in [0.3, 0.4) is 0 Å².